The highest BCUT2D eigenvalue weighted by molar-refractivity contribution is 5.92. The normalized spacial score (nSPS) is 19.2. The van der Waals surface area contributed by atoms with Gasteiger partial charge in [-0.3, -0.25) is 14.6 Å². The zero-order valence-electron chi connectivity index (χ0n) is 17.5. The smallest absolute Gasteiger partial charge is 0.249 e. The molecule has 0 radical (unpaired) electrons. The molecule has 0 bridgehead atoms. The number of ether oxygens (including phenoxy) is 1. The predicted molar refractivity (Wildman–Crippen MR) is 113 cm³/mol. The second-order valence-electron chi connectivity index (χ2n) is 7.48. The lowest BCUT2D eigenvalue weighted by Gasteiger charge is -2.40. The van der Waals surface area contributed by atoms with Gasteiger partial charge in [-0.2, -0.15) is 0 Å². The third-order valence-corrected chi connectivity index (χ3v) is 5.61. The summed E-state index contributed by atoms with van der Waals surface area (Å²) in [4.78, 5) is 30.4. The largest absolute Gasteiger partial charge is 0.394 e. The highest BCUT2D eigenvalue weighted by atomic mass is 16.5. The summed E-state index contributed by atoms with van der Waals surface area (Å²) >= 11 is 0. The Morgan fingerprint density at radius 3 is 2.47 bits per heavy atom. The number of carbonyl (C=O) groups is 2. The molecular weight excluding hydrogens is 382 g/mol. The second-order valence-corrected chi connectivity index (χ2v) is 7.48. The van der Waals surface area contributed by atoms with Crippen molar-refractivity contribution in [2.45, 2.75) is 45.4 Å². The first-order valence-electron chi connectivity index (χ1n) is 10.4. The number of hydrogen-bond donors (Lipinski definition) is 2. The first-order valence-corrected chi connectivity index (χ1v) is 10.4. The van der Waals surface area contributed by atoms with Crippen molar-refractivity contribution >= 4 is 17.5 Å². The number of aliphatic hydroxyl groups excluding tert-OH is 1. The minimum atomic E-state index is -0.496. The monoisotopic (exact) mass is 411 g/mol. The fraction of sp³-hybridized carbons (Fsp3) is 0.435. The molecule has 1 aromatic heterocycles. The van der Waals surface area contributed by atoms with E-state index in [9.17, 15) is 14.7 Å². The molecule has 2 aromatic rings. The van der Waals surface area contributed by atoms with Crippen molar-refractivity contribution in [3.05, 3.63) is 59.9 Å². The number of rotatable bonds is 8. The lowest BCUT2D eigenvalue weighted by molar-refractivity contribution is -0.162. The molecular formula is C23H29N3O4. The van der Waals surface area contributed by atoms with E-state index in [0.717, 1.165) is 29.7 Å². The number of amides is 2. The van der Waals surface area contributed by atoms with Gasteiger partial charge in [0.1, 0.15) is 12.7 Å². The van der Waals surface area contributed by atoms with Crippen molar-refractivity contribution < 1.29 is 19.4 Å². The van der Waals surface area contributed by atoms with Crippen LogP contribution in [0.15, 0.2) is 48.8 Å². The van der Waals surface area contributed by atoms with Gasteiger partial charge in [-0.05, 0) is 48.2 Å². The maximum atomic E-state index is 12.5. The van der Waals surface area contributed by atoms with E-state index < -0.39 is 12.1 Å². The van der Waals surface area contributed by atoms with E-state index in [0.29, 0.717) is 6.54 Å². The maximum Gasteiger partial charge on any atom is 0.249 e. The molecule has 0 spiro atoms. The number of aromatic nitrogens is 1. The number of pyridine rings is 1. The molecule has 2 N–H and O–H groups in total. The highest BCUT2D eigenvalue weighted by Crippen LogP contribution is 2.31. The van der Waals surface area contributed by atoms with Crippen molar-refractivity contribution in [1.82, 2.24) is 9.88 Å². The van der Waals surface area contributed by atoms with Gasteiger partial charge < -0.3 is 20.1 Å². The van der Waals surface area contributed by atoms with Gasteiger partial charge in [0.05, 0.1) is 12.6 Å². The zero-order chi connectivity index (χ0) is 21.5. The molecule has 160 valence electrons. The van der Waals surface area contributed by atoms with Crippen molar-refractivity contribution in [3.8, 4) is 0 Å². The molecule has 1 aliphatic heterocycles. The van der Waals surface area contributed by atoms with E-state index in [2.05, 4.69) is 10.3 Å². The van der Waals surface area contributed by atoms with E-state index in [1.807, 2.05) is 50.2 Å². The summed E-state index contributed by atoms with van der Waals surface area (Å²) in [7, 11) is 0. The number of benzene rings is 1. The molecule has 2 atom stereocenters. The van der Waals surface area contributed by atoms with E-state index in [-0.39, 0.29) is 30.9 Å². The molecule has 1 aliphatic rings. The van der Waals surface area contributed by atoms with Gasteiger partial charge in [0, 0.05) is 30.5 Å². The quantitative estimate of drug-likeness (QED) is 0.697. The van der Waals surface area contributed by atoms with Gasteiger partial charge in [0.2, 0.25) is 11.8 Å². The first-order chi connectivity index (χ1) is 14.6. The SMILES string of the molecule is CCC(CC)C(=O)Nc1ccc(C2OCC(=O)N(Cc3ccncc3)C2CO)cc1. The van der Waals surface area contributed by atoms with Gasteiger partial charge in [0.15, 0.2) is 0 Å². The van der Waals surface area contributed by atoms with Crippen LogP contribution in [0.5, 0.6) is 0 Å². The number of hydrogen-bond acceptors (Lipinski definition) is 5. The molecule has 1 aromatic carbocycles. The maximum absolute atomic E-state index is 12.5. The van der Waals surface area contributed by atoms with E-state index in [4.69, 9.17) is 4.74 Å². The average Bonchev–Trinajstić information content (AvgIpc) is 2.77. The fourth-order valence-electron chi connectivity index (χ4n) is 3.77. The van der Waals surface area contributed by atoms with Gasteiger partial charge >= 0.3 is 0 Å². The van der Waals surface area contributed by atoms with Gasteiger partial charge in [-0.25, -0.2) is 0 Å². The van der Waals surface area contributed by atoms with Crippen LogP contribution in [0.1, 0.15) is 43.9 Å². The first kappa shape index (κ1) is 21.9. The number of nitrogens with zero attached hydrogens (tertiary/aromatic N) is 2. The Hall–Kier alpha value is -2.77. The average molecular weight is 412 g/mol. The molecule has 0 saturated carbocycles. The summed E-state index contributed by atoms with van der Waals surface area (Å²) in [6.45, 7) is 4.14. The number of morpholine rings is 1. The molecule has 1 saturated heterocycles. The topological polar surface area (TPSA) is 91.8 Å². The number of nitrogens with one attached hydrogen (secondary N) is 1. The molecule has 2 amide bonds. The van der Waals surface area contributed by atoms with Crippen LogP contribution in [0.4, 0.5) is 5.69 Å². The number of carbonyl (C=O) groups excluding carboxylic acids is 2. The zero-order valence-corrected chi connectivity index (χ0v) is 17.5. The molecule has 3 rings (SSSR count). The van der Waals surface area contributed by atoms with Crippen molar-refractivity contribution in [1.29, 1.82) is 0 Å². The minimum Gasteiger partial charge on any atom is -0.394 e. The summed E-state index contributed by atoms with van der Waals surface area (Å²) in [5, 5.41) is 13.0. The molecule has 7 heteroatoms. The molecule has 30 heavy (non-hydrogen) atoms. The standard InChI is InChI=1S/C23H29N3O4/c1-3-17(4-2)23(29)25-19-7-5-18(6-8-19)22-20(14-27)26(21(28)15-30-22)13-16-9-11-24-12-10-16/h5-12,17,20,22,27H,3-4,13-15H2,1-2H3,(H,25,29). The fourth-order valence-corrected chi connectivity index (χ4v) is 3.77. The Morgan fingerprint density at radius 2 is 1.87 bits per heavy atom. The Balaban J connectivity index is 1.74. The lowest BCUT2D eigenvalue weighted by atomic mass is 9.98. The van der Waals surface area contributed by atoms with E-state index in [1.165, 1.54) is 0 Å². The lowest BCUT2D eigenvalue weighted by Crippen LogP contribution is -2.52. The number of anilines is 1. The summed E-state index contributed by atoms with van der Waals surface area (Å²) in [5.74, 6) is -0.141. The second kappa shape index (κ2) is 10.3. The molecule has 7 nitrogen and oxygen atoms in total. The van der Waals surface area contributed by atoms with Crippen LogP contribution in [0.2, 0.25) is 0 Å². The third-order valence-electron chi connectivity index (χ3n) is 5.61. The van der Waals surface area contributed by atoms with Gasteiger partial charge in [0.25, 0.3) is 0 Å². The van der Waals surface area contributed by atoms with Crippen LogP contribution in [-0.2, 0) is 20.9 Å². The van der Waals surface area contributed by atoms with Gasteiger partial charge in [-0.15, -0.1) is 0 Å². The molecule has 2 heterocycles. The van der Waals surface area contributed by atoms with Crippen molar-refractivity contribution in [2.75, 3.05) is 18.5 Å². The van der Waals surface area contributed by atoms with Gasteiger partial charge in [-0.1, -0.05) is 26.0 Å². The van der Waals surface area contributed by atoms with E-state index >= 15 is 0 Å². The van der Waals surface area contributed by atoms with Crippen LogP contribution in [0.25, 0.3) is 0 Å². The Morgan fingerprint density at radius 1 is 1.20 bits per heavy atom. The summed E-state index contributed by atoms with van der Waals surface area (Å²) in [5.41, 5.74) is 2.51. The molecule has 1 fully saturated rings. The summed E-state index contributed by atoms with van der Waals surface area (Å²) < 4.78 is 5.79. The number of aliphatic hydroxyl groups is 1. The molecule has 0 aliphatic carbocycles. The van der Waals surface area contributed by atoms with Crippen molar-refractivity contribution in [3.63, 3.8) is 0 Å². The van der Waals surface area contributed by atoms with Crippen LogP contribution < -0.4 is 5.32 Å². The summed E-state index contributed by atoms with van der Waals surface area (Å²) in [6, 6.07) is 10.6. The van der Waals surface area contributed by atoms with Crippen LogP contribution >= 0.6 is 0 Å². The molecule has 2 unspecified atom stereocenters. The Kier molecular flexibility index (Phi) is 7.54. The Bertz CT molecular complexity index is 837. The van der Waals surface area contributed by atoms with Crippen LogP contribution in [0.3, 0.4) is 0 Å². The van der Waals surface area contributed by atoms with E-state index in [1.54, 1.807) is 17.3 Å². The Labute approximate surface area is 177 Å². The van der Waals surface area contributed by atoms with Crippen LogP contribution in [0, 0.1) is 5.92 Å². The third kappa shape index (κ3) is 5.04. The van der Waals surface area contributed by atoms with Crippen molar-refractivity contribution in [2.24, 2.45) is 5.92 Å². The van der Waals surface area contributed by atoms with Crippen LogP contribution in [-0.4, -0.2) is 46.1 Å². The summed E-state index contributed by atoms with van der Waals surface area (Å²) in [6.07, 6.45) is 4.52. The highest BCUT2D eigenvalue weighted by Gasteiger charge is 2.37. The predicted octanol–water partition coefficient (Wildman–Crippen LogP) is 2.92. The minimum absolute atomic E-state index is 0.00196.